The van der Waals surface area contributed by atoms with Crippen LogP contribution in [0.25, 0.3) is 0 Å². The van der Waals surface area contributed by atoms with E-state index in [4.69, 9.17) is 4.74 Å². The Kier molecular flexibility index (Phi) is 3.44. The minimum absolute atomic E-state index is 0.183. The number of benzene rings is 1. The van der Waals surface area contributed by atoms with Crippen LogP contribution in [0.3, 0.4) is 0 Å². The Hall–Kier alpha value is -1.09. The third-order valence-corrected chi connectivity index (χ3v) is 3.48. The maximum Gasteiger partial charge on any atom is 0.123 e. The Balaban J connectivity index is 2.34. The summed E-state index contributed by atoms with van der Waals surface area (Å²) in [5.41, 5.74) is 0.999. The highest BCUT2D eigenvalue weighted by Gasteiger charge is 2.29. The number of likely N-dealkylation sites (N-methyl/N-ethyl adjacent to an activating group) is 1. The molecule has 1 aromatic rings. The molecule has 0 bridgehead atoms. The molecule has 2 rings (SSSR count). The SMILES string of the molecule is CNC1CCCC1c1cc(F)ccc1OC. The van der Waals surface area contributed by atoms with Crippen LogP contribution in [0.1, 0.15) is 30.7 Å². The second-order valence-corrected chi connectivity index (χ2v) is 4.32. The van der Waals surface area contributed by atoms with E-state index in [1.54, 1.807) is 19.2 Å². The first kappa shape index (κ1) is 11.4. The van der Waals surface area contributed by atoms with Crippen molar-refractivity contribution in [3.63, 3.8) is 0 Å². The largest absolute Gasteiger partial charge is 0.496 e. The van der Waals surface area contributed by atoms with Gasteiger partial charge < -0.3 is 10.1 Å². The van der Waals surface area contributed by atoms with E-state index in [0.717, 1.165) is 24.2 Å². The van der Waals surface area contributed by atoms with Crippen LogP contribution in [-0.2, 0) is 0 Å². The van der Waals surface area contributed by atoms with Crippen molar-refractivity contribution in [3.05, 3.63) is 29.6 Å². The maximum atomic E-state index is 13.3. The third-order valence-electron chi connectivity index (χ3n) is 3.48. The number of hydrogen-bond donors (Lipinski definition) is 1. The lowest BCUT2D eigenvalue weighted by Gasteiger charge is -2.21. The summed E-state index contributed by atoms with van der Waals surface area (Å²) in [6.45, 7) is 0. The van der Waals surface area contributed by atoms with Crippen LogP contribution in [-0.4, -0.2) is 20.2 Å². The molecule has 0 aliphatic heterocycles. The zero-order valence-electron chi connectivity index (χ0n) is 9.79. The minimum atomic E-state index is -0.183. The first-order valence-electron chi connectivity index (χ1n) is 5.77. The van der Waals surface area contributed by atoms with Gasteiger partial charge in [0.2, 0.25) is 0 Å². The minimum Gasteiger partial charge on any atom is -0.496 e. The molecule has 0 amide bonds. The van der Waals surface area contributed by atoms with Gasteiger partial charge in [-0.15, -0.1) is 0 Å². The fraction of sp³-hybridized carbons (Fsp3) is 0.538. The smallest absolute Gasteiger partial charge is 0.123 e. The van der Waals surface area contributed by atoms with Gasteiger partial charge in [-0.05, 0) is 38.1 Å². The van der Waals surface area contributed by atoms with Gasteiger partial charge in [0.15, 0.2) is 0 Å². The second kappa shape index (κ2) is 4.83. The Bertz CT molecular complexity index is 367. The lowest BCUT2D eigenvalue weighted by Crippen LogP contribution is -2.27. The summed E-state index contributed by atoms with van der Waals surface area (Å²) in [7, 11) is 3.61. The summed E-state index contributed by atoms with van der Waals surface area (Å²) in [5.74, 6) is 0.988. The highest BCUT2D eigenvalue weighted by atomic mass is 19.1. The average molecular weight is 223 g/mol. The van der Waals surface area contributed by atoms with Crippen molar-refractivity contribution in [3.8, 4) is 5.75 Å². The predicted octanol–water partition coefficient (Wildman–Crippen LogP) is 2.69. The number of hydrogen-bond acceptors (Lipinski definition) is 2. The van der Waals surface area contributed by atoms with Crippen molar-refractivity contribution in [1.29, 1.82) is 0 Å². The van der Waals surface area contributed by atoms with Crippen LogP contribution in [0.2, 0.25) is 0 Å². The normalized spacial score (nSPS) is 24.7. The van der Waals surface area contributed by atoms with Crippen molar-refractivity contribution in [2.75, 3.05) is 14.2 Å². The topological polar surface area (TPSA) is 21.3 Å². The summed E-state index contributed by atoms with van der Waals surface area (Å²) in [5, 5.41) is 3.31. The number of halogens is 1. The molecule has 2 unspecified atom stereocenters. The molecule has 16 heavy (non-hydrogen) atoms. The quantitative estimate of drug-likeness (QED) is 0.850. The van der Waals surface area contributed by atoms with Gasteiger partial charge in [0.1, 0.15) is 11.6 Å². The van der Waals surface area contributed by atoms with Gasteiger partial charge in [-0.2, -0.15) is 0 Å². The first-order chi connectivity index (χ1) is 7.76. The molecule has 1 aliphatic rings. The van der Waals surface area contributed by atoms with E-state index in [0.29, 0.717) is 12.0 Å². The van der Waals surface area contributed by atoms with Crippen LogP contribution in [0.15, 0.2) is 18.2 Å². The molecule has 0 saturated heterocycles. The molecule has 88 valence electrons. The van der Waals surface area contributed by atoms with Gasteiger partial charge in [-0.25, -0.2) is 4.39 Å². The molecule has 0 heterocycles. The van der Waals surface area contributed by atoms with E-state index >= 15 is 0 Å². The predicted molar refractivity (Wildman–Crippen MR) is 62.4 cm³/mol. The molecule has 1 N–H and O–H groups in total. The maximum absolute atomic E-state index is 13.3. The van der Waals surface area contributed by atoms with Crippen LogP contribution in [0, 0.1) is 5.82 Å². The van der Waals surface area contributed by atoms with Gasteiger partial charge >= 0.3 is 0 Å². The van der Waals surface area contributed by atoms with E-state index < -0.39 is 0 Å². The Labute approximate surface area is 95.8 Å². The van der Waals surface area contributed by atoms with Gasteiger partial charge in [-0.3, -0.25) is 0 Å². The van der Waals surface area contributed by atoms with Gasteiger partial charge in [-0.1, -0.05) is 6.42 Å². The molecule has 2 nitrogen and oxygen atoms in total. The molecule has 1 aromatic carbocycles. The van der Waals surface area contributed by atoms with Crippen LogP contribution in [0.5, 0.6) is 5.75 Å². The molecule has 1 saturated carbocycles. The zero-order chi connectivity index (χ0) is 11.5. The summed E-state index contributed by atoms with van der Waals surface area (Å²) in [6.07, 6.45) is 3.45. The lowest BCUT2D eigenvalue weighted by molar-refractivity contribution is 0.398. The molecule has 1 aliphatic carbocycles. The standard InChI is InChI=1S/C13H18FNO/c1-15-12-5-3-4-10(12)11-8-9(14)6-7-13(11)16-2/h6-8,10,12,15H,3-5H2,1-2H3. The second-order valence-electron chi connectivity index (χ2n) is 4.32. The van der Waals surface area contributed by atoms with E-state index in [1.807, 2.05) is 7.05 Å². The molecular formula is C13H18FNO. The van der Waals surface area contributed by atoms with Crippen molar-refractivity contribution in [2.24, 2.45) is 0 Å². The van der Waals surface area contributed by atoms with Gasteiger partial charge in [0, 0.05) is 17.5 Å². The van der Waals surface area contributed by atoms with Crippen LogP contribution < -0.4 is 10.1 Å². The summed E-state index contributed by atoms with van der Waals surface area (Å²) < 4.78 is 18.6. The van der Waals surface area contributed by atoms with Crippen molar-refractivity contribution >= 4 is 0 Å². The molecule has 0 radical (unpaired) electrons. The summed E-state index contributed by atoms with van der Waals surface area (Å²) in [4.78, 5) is 0. The number of rotatable bonds is 3. The van der Waals surface area contributed by atoms with Crippen LogP contribution >= 0.6 is 0 Å². The number of ether oxygens (including phenoxy) is 1. The summed E-state index contributed by atoms with van der Waals surface area (Å²) in [6, 6.07) is 5.22. The summed E-state index contributed by atoms with van der Waals surface area (Å²) >= 11 is 0. The lowest BCUT2D eigenvalue weighted by atomic mass is 9.93. The highest BCUT2D eigenvalue weighted by molar-refractivity contribution is 5.38. The first-order valence-corrected chi connectivity index (χ1v) is 5.77. The molecule has 1 fully saturated rings. The zero-order valence-corrected chi connectivity index (χ0v) is 9.79. The fourth-order valence-electron chi connectivity index (χ4n) is 2.67. The molecule has 0 aromatic heterocycles. The van der Waals surface area contributed by atoms with Crippen molar-refractivity contribution in [2.45, 2.75) is 31.2 Å². The van der Waals surface area contributed by atoms with Gasteiger partial charge in [0.05, 0.1) is 7.11 Å². The number of nitrogens with one attached hydrogen (secondary N) is 1. The Morgan fingerprint density at radius 1 is 1.38 bits per heavy atom. The third kappa shape index (κ3) is 2.05. The molecule has 0 spiro atoms. The van der Waals surface area contributed by atoms with E-state index in [1.165, 1.54) is 12.5 Å². The van der Waals surface area contributed by atoms with E-state index in [-0.39, 0.29) is 5.82 Å². The molecule has 3 heteroatoms. The Morgan fingerprint density at radius 2 is 2.19 bits per heavy atom. The van der Waals surface area contributed by atoms with Crippen molar-refractivity contribution < 1.29 is 9.13 Å². The van der Waals surface area contributed by atoms with Crippen molar-refractivity contribution in [1.82, 2.24) is 5.32 Å². The Morgan fingerprint density at radius 3 is 2.88 bits per heavy atom. The van der Waals surface area contributed by atoms with E-state index in [9.17, 15) is 4.39 Å². The average Bonchev–Trinajstić information content (AvgIpc) is 2.76. The highest BCUT2D eigenvalue weighted by Crippen LogP contribution is 2.39. The monoisotopic (exact) mass is 223 g/mol. The van der Waals surface area contributed by atoms with E-state index in [2.05, 4.69) is 5.32 Å². The van der Waals surface area contributed by atoms with Gasteiger partial charge in [0.25, 0.3) is 0 Å². The number of methoxy groups -OCH3 is 1. The molecule has 2 atom stereocenters. The fourth-order valence-corrected chi connectivity index (χ4v) is 2.67. The molecular weight excluding hydrogens is 205 g/mol. The van der Waals surface area contributed by atoms with Crippen LogP contribution in [0.4, 0.5) is 4.39 Å².